The van der Waals surface area contributed by atoms with Gasteiger partial charge in [0, 0.05) is 26.2 Å². The van der Waals surface area contributed by atoms with E-state index in [-0.39, 0.29) is 13.2 Å². The van der Waals surface area contributed by atoms with E-state index < -0.39 is 0 Å². The summed E-state index contributed by atoms with van der Waals surface area (Å²) in [6, 6.07) is 6.31. The summed E-state index contributed by atoms with van der Waals surface area (Å²) in [5.41, 5.74) is 3.92. The molecule has 0 saturated carbocycles. The van der Waals surface area contributed by atoms with Crippen molar-refractivity contribution >= 4 is 0 Å². The van der Waals surface area contributed by atoms with Crippen LogP contribution in [0.4, 0.5) is 0 Å². The fraction of sp³-hybridized carbons (Fsp3) is 0.571. The van der Waals surface area contributed by atoms with Gasteiger partial charge in [-0.1, -0.05) is 18.2 Å². The zero-order valence-electron chi connectivity index (χ0n) is 10.8. The summed E-state index contributed by atoms with van der Waals surface area (Å²) in [5, 5.41) is 17.9. The molecule has 0 spiro atoms. The van der Waals surface area contributed by atoms with Crippen LogP contribution in [0.5, 0.6) is 0 Å². The molecule has 0 aliphatic rings. The first-order chi connectivity index (χ1) is 8.19. The van der Waals surface area contributed by atoms with Gasteiger partial charge in [-0.3, -0.25) is 4.90 Å². The maximum atomic E-state index is 9.03. The number of nitrogens with zero attached hydrogens (tertiary/aromatic N) is 1. The molecule has 1 rings (SSSR count). The number of aryl methyl sites for hydroxylation is 1. The normalized spacial score (nSPS) is 11.1. The van der Waals surface area contributed by atoms with E-state index in [0.717, 1.165) is 19.5 Å². The zero-order chi connectivity index (χ0) is 12.7. The Bertz CT molecular complexity index is 339. The minimum atomic E-state index is 0.163. The number of rotatable bonds is 7. The first-order valence-electron chi connectivity index (χ1n) is 6.18. The van der Waals surface area contributed by atoms with E-state index in [1.165, 1.54) is 16.7 Å². The maximum absolute atomic E-state index is 9.03. The lowest BCUT2D eigenvalue weighted by Gasteiger charge is -2.22. The lowest BCUT2D eigenvalue weighted by Crippen LogP contribution is -2.28. The van der Waals surface area contributed by atoms with Crippen molar-refractivity contribution in [3.8, 4) is 0 Å². The second-order valence-electron chi connectivity index (χ2n) is 4.44. The molecule has 96 valence electrons. The average Bonchev–Trinajstić information content (AvgIpc) is 2.32. The van der Waals surface area contributed by atoms with Crippen molar-refractivity contribution < 1.29 is 10.2 Å². The molecule has 0 aliphatic heterocycles. The fourth-order valence-electron chi connectivity index (χ4n) is 1.93. The van der Waals surface area contributed by atoms with Crippen LogP contribution in [0, 0.1) is 13.8 Å². The molecule has 1 aromatic carbocycles. The standard InChI is InChI=1S/C14H23NO2/c1-12-5-3-6-14(13(12)2)11-15(8-10-17)7-4-9-16/h3,5-6,16-17H,4,7-11H2,1-2H3. The van der Waals surface area contributed by atoms with E-state index in [2.05, 4.69) is 36.9 Å². The van der Waals surface area contributed by atoms with Gasteiger partial charge >= 0.3 is 0 Å². The highest BCUT2D eigenvalue weighted by atomic mass is 16.3. The third-order valence-corrected chi connectivity index (χ3v) is 3.16. The van der Waals surface area contributed by atoms with Crippen molar-refractivity contribution in [3.05, 3.63) is 34.9 Å². The lowest BCUT2D eigenvalue weighted by atomic mass is 10.0. The number of hydrogen-bond acceptors (Lipinski definition) is 3. The highest BCUT2D eigenvalue weighted by Crippen LogP contribution is 2.14. The topological polar surface area (TPSA) is 43.7 Å². The van der Waals surface area contributed by atoms with E-state index in [9.17, 15) is 0 Å². The van der Waals surface area contributed by atoms with Gasteiger partial charge in [-0.05, 0) is 37.0 Å². The van der Waals surface area contributed by atoms with Gasteiger partial charge in [-0.15, -0.1) is 0 Å². The van der Waals surface area contributed by atoms with Crippen LogP contribution in [0.25, 0.3) is 0 Å². The zero-order valence-corrected chi connectivity index (χ0v) is 10.8. The molecule has 0 radical (unpaired) electrons. The monoisotopic (exact) mass is 237 g/mol. The summed E-state index contributed by atoms with van der Waals surface area (Å²) >= 11 is 0. The van der Waals surface area contributed by atoms with Crippen LogP contribution in [0.2, 0.25) is 0 Å². The van der Waals surface area contributed by atoms with Crippen LogP contribution < -0.4 is 0 Å². The van der Waals surface area contributed by atoms with Crippen molar-refractivity contribution in [1.82, 2.24) is 4.90 Å². The van der Waals surface area contributed by atoms with Gasteiger partial charge in [-0.25, -0.2) is 0 Å². The van der Waals surface area contributed by atoms with Gasteiger partial charge in [0.25, 0.3) is 0 Å². The molecule has 3 nitrogen and oxygen atoms in total. The van der Waals surface area contributed by atoms with E-state index in [1.807, 2.05) is 0 Å². The number of aliphatic hydroxyl groups excluding tert-OH is 2. The molecule has 0 aromatic heterocycles. The Morgan fingerprint density at radius 1 is 1.06 bits per heavy atom. The lowest BCUT2D eigenvalue weighted by molar-refractivity contribution is 0.174. The molecule has 2 N–H and O–H groups in total. The minimum absolute atomic E-state index is 0.163. The van der Waals surface area contributed by atoms with Crippen LogP contribution in [0.3, 0.4) is 0 Å². The van der Waals surface area contributed by atoms with Crippen LogP contribution in [-0.2, 0) is 6.54 Å². The van der Waals surface area contributed by atoms with Gasteiger partial charge in [0.05, 0.1) is 6.61 Å². The first kappa shape index (κ1) is 14.2. The molecule has 17 heavy (non-hydrogen) atoms. The van der Waals surface area contributed by atoms with Gasteiger partial charge in [0.1, 0.15) is 0 Å². The van der Waals surface area contributed by atoms with Crippen LogP contribution >= 0.6 is 0 Å². The summed E-state index contributed by atoms with van der Waals surface area (Å²) in [5.74, 6) is 0. The SMILES string of the molecule is Cc1cccc(CN(CCO)CCCO)c1C. The average molecular weight is 237 g/mol. The molecule has 0 aliphatic carbocycles. The highest BCUT2D eigenvalue weighted by Gasteiger charge is 2.07. The minimum Gasteiger partial charge on any atom is -0.396 e. The second-order valence-corrected chi connectivity index (χ2v) is 4.44. The van der Waals surface area contributed by atoms with Crippen molar-refractivity contribution in [2.75, 3.05) is 26.3 Å². The van der Waals surface area contributed by atoms with Gasteiger partial charge in [0.2, 0.25) is 0 Å². The number of hydrogen-bond donors (Lipinski definition) is 2. The molecule has 0 saturated heterocycles. The summed E-state index contributed by atoms with van der Waals surface area (Å²) in [4.78, 5) is 2.18. The Hall–Kier alpha value is -0.900. The second kappa shape index (κ2) is 7.43. The molecule has 0 unspecified atom stereocenters. The van der Waals surface area contributed by atoms with Crippen LogP contribution in [0.1, 0.15) is 23.1 Å². The summed E-state index contributed by atoms with van der Waals surface area (Å²) in [6.07, 6.45) is 0.755. The molecule has 3 heteroatoms. The van der Waals surface area contributed by atoms with Crippen molar-refractivity contribution in [2.24, 2.45) is 0 Å². The predicted octanol–water partition coefficient (Wildman–Crippen LogP) is 1.48. The molecule has 0 heterocycles. The fourth-order valence-corrected chi connectivity index (χ4v) is 1.93. The molecular formula is C14H23NO2. The van der Waals surface area contributed by atoms with Crippen LogP contribution in [-0.4, -0.2) is 41.4 Å². The Morgan fingerprint density at radius 3 is 2.47 bits per heavy atom. The van der Waals surface area contributed by atoms with Crippen molar-refractivity contribution in [3.63, 3.8) is 0 Å². The van der Waals surface area contributed by atoms with Crippen molar-refractivity contribution in [1.29, 1.82) is 0 Å². The highest BCUT2D eigenvalue weighted by molar-refractivity contribution is 5.32. The smallest absolute Gasteiger partial charge is 0.0558 e. The first-order valence-corrected chi connectivity index (χ1v) is 6.18. The van der Waals surface area contributed by atoms with E-state index in [0.29, 0.717) is 6.54 Å². The quantitative estimate of drug-likeness (QED) is 0.755. The molecule has 0 atom stereocenters. The van der Waals surface area contributed by atoms with Gasteiger partial charge < -0.3 is 10.2 Å². The van der Waals surface area contributed by atoms with E-state index in [1.54, 1.807) is 0 Å². The summed E-state index contributed by atoms with van der Waals surface area (Å²) in [7, 11) is 0. The molecule has 1 aromatic rings. The van der Waals surface area contributed by atoms with E-state index >= 15 is 0 Å². The molecular weight excluding hydrogens is 214 g/mol. The molecule has 0 bridgehead atoms. The van der Waals surface area contributed by atoms with Gasteiger partial charge in [-0.2, -0.15) is 0 Å². The summed E-state index contributed by atoms with van der Waals surface area (Å²) < 4.78 is 0. The maximum Gasteiger partial charge on any atom is 0.0558 e. The number of benzene rings is 1. The number of aliphatic hydroxyl groups is 2. The Morgan fingerprint density at radius 2 is 1.82 bits per heavy atom. The van der Waals surface area contributed by atoms with Gasteiger partial charge in [0.15, 0.2) is 0 Å². The molecule has 0 amide bonds. The molecule has 0 fully saturated rings. The van der Waals surface area contributed by atoms with E-state index in [4.69, 9.17) is 10.2 Å². The van der Waals surface area contributed by atoms with Crippen LogP contribution in [0.15, 0.2) is 18.2 Å². The van der Waals surface area contributed by atoms with Crippen molar-refractivity contribution in [2.45, 2.75) is 26.8 Å². The summed E-state index contributed by atoms with van der Waals surface area (Å²) in [6.45, 7) is 6.94. The Labute approximate surface area is 104 Å². The largest absolute Gasteiger partial charge is 0.396 e. The predicted molar refractivity (Wildman–Crippen MR) is 70.0 cm³/mol. The third-order valence-electron chi connectivity index (χ3n) is 3.16. The Balaban J connectivity index is 2.67. The third kappa shape index (κ3) is 4.46. The Kier molecular flexibility index (Phi) is 6.19.